The summed E-state index contributed by atoms with van der Waals surface area (Å²) in [6, 6.07) is 17.0. The summed E-state index contributed by atoms with van der Waals surface area (Å²) < 4.78 is 7.87. The Morgan fingerprint density at radius 1 is 1.10 bits per heavy atom. The van der Waals surface area contributed by atoms with Crippen LogP contribution in [-0.4, -0.2) is 40.7 Å². The van der Waals surface area contributed by atoms with E-state index in [-0.39, 0.29) is 18.1 Å². The van der Waals surface area contributed by atoms with E-state index in [1.807, 2.05) is 36.6 Å². The Hall–Kier alpha value is -2.24. The second-order valence-corrected chi connectivity index (χ2v) is 8.99. The monoisotopic (exact) mass is 408 g/mol. The number of para-hydroxylation sites is 1. The van der Waals surface area contributed by atoms with Gasteiger partial charge in [0.05, 0.1) is 12.2 Å². The number of rotatable bonds is 5. The maximum atomic E-state index is 13.0. The van der Waals surface area contributed by atoms with Crippen LogP contribution in [0, 0.1) is 6.92 Å². The van der Waals surface area contributed by atoms with Gasteiger partial charge in [0.15, 0.2) is 0 Å². The van der Waals surface area contributed by atoms with Crippen LogP contribution in [0.2, 0.25) is 0 Å². The van der Waals surface area contributed by atoms with Crippen LogP contribution in [-0.2, 0) is 21.8 Å². The predicted molar refractivity (Wildman–Crippen MR) is 119 cm³/mol. The molecule has 1 fully saturated rings. The number of aromatic nitrogens is 1. The summed E-state index contributed by atoms with van der Waals surface area (Å²) in [6.07, 6.45) is 2.31. The van der Waals surface area contributed by atoms with Gasteiger partial charge in [0.2, 0.25) is 5.91 Å². The van der Waals surface area contributed by atoms with E-state index >= 15 is 0 Å². The lowest BCUT2D eigenvalue weighted by molar-refractivity contribution is -0.143. The summed E-state index contributed by atoms with van der Waals surface area (Å²) in [6.45, 7) is 7.88. The lowest BCUT2D eigenvalue weighted by atomic mass is 10.2. The minimum absolute atomic E-state index is 0.0875. The molecule has 0 spiro atoms. The molecule has 1 aliphatic heterocycles. The molecular formula is C24H28N2O2S. The number of benzene rings is 2. The lowest BCUT2D eigenvalue weighted by Gasteiger charge is -2.35. The largest absolute Gasteiger partial charge is 0.372 e. The number of carbonyl (C=O) groups is 1. The molecule has 2 heterocycles. The molecule has 0 saturated carbocycles. The van der Waals surface area contributed by atoms with E-state index in [1.54, 1.807) is 0 Å². The van der Waals surface area contributed by atoms with Crippen LogP contribution in [0.4, 0.5) is 0 Å². The summed E-state index contributed by atoms with van der Waals surface area (Å²) in [7, 11) is 0. The molecule has 1 saturated heterocycles. The first kappa shape index (κ1) is 20.0. The van der Waals surface area contributed by atoms with Gasteiger partial charge < -0.3 is 14.2 Å². The van der Waals surface area contributed by atoms with Crippen LogP contribution < -0.4 is 0 Å². The summed E-state index contributed by atoms with van der Waals surface area (Å²) in [5.74, 6) is 1.07. The quantitative estimate of drug-likeness (QED) is 0.565. The van der Waals surface area contributed by atoms with Crippen LogP contribution in [0.3, 0.4) is 0 Å². The normalized spacial score (nSPS) is 19.6. The van der Waals surface area contributed by atoms with Gasteiger partial charge in [-0.15, -0.1) is 11.8 Å². The van der Waals surface area contributed by atoms with Crippen molar-refractivity contribution in [2.24, 2.45) is 0 Å². The number of amides is 1. The first-order valence-electron chi connectivity index (χ1n) is 10.2. The summed E-state index contributed by atoms with van der Waals surface area (Å²) in [5, 5.41) is 1.21. The average molecular weight is 409 g/mol. The Kier molecular flexibility index (Phi) is 5.97. The number of aryl methyl sites for hydroxylation is 1. The molecule has 0 aliphatic carbocycles. The van der Waals surface area contributed by atoms with Crippen molar-refractivity contribution in [3.63, 3.8) is 0 Å². The van der Waals surface area contributed by atoms with Gasteiger partial charge in [-0.05, 0) is 32.4 Å². The van der Waals surface area contributed by atoms with E-state index in [0.29, 0.717) is 19.6 Å². The Morgan fingerprint density at radius 2 is 1.86 bits per heavy atom. The highest BCUT2D eigenvalue weighted by Gasteiger charge is 2.26. The van der Waals surface area contributed by atoms with Crippen molar-refractivity contribution in [1.82, 2.24) is 9.47 Å². The number of carbonyl (C=O) groups excluding carboxylic acids is 1. The van der Waals surface area contributed by atoms with E-state index < -0.39 is 0 Å². The molecule has 0 bridgehead atoms. The minimum Gasteiger partial charge on any atom is -0.372 e. The van der Waals surface area contributed by atoms with E-state index in [4.69, 9.17) is 4.74 Å². The number of fused-ring (bicyclic) bond motifs is 1. The number of thioether (sulfide) groups is 1. The Labute approximate surface area is 176 Å². The highest BCUT2D eigenvalue weighted by molar-refractivity contribution is 7.98. The van der Waals surface area contributed by atoms with Crippen molar-refractivity contribution in [3.05, 3.63) is 65.9 Å². The SMILES string of the molecule is Cc1cccc(CSc2cn(CC(=O)N3C[C@@H](C)O[C@H](C)C3)c3ccccc23)c1. The van der Waals surface area contributed by atoms with Gasteiger partial charge >= 0.3 is 0 Å². The Bertz CT molecular complexity index is 1000. The molecule has 2 aromatic carbocycles. The third kappa shape index (κ3) is 4.68. The molecular weight excluding hydrogens is 380 g/mol. The Balaban J connectivity index is 1.53. The van der Waals surface area contributed by atoms with Crippen molar-refractivity contribution in [2.45, 2.75) is 50.2 Å². The van der Waals surface area contributed by atoms with Crippen LogP contribution >= 0.6 is 11.8 Å². The number of morpholine rings is 1. The van der Waals surface area contributed by atoms with Gasteiger partial charge in [-0.1, -0.05) is 48.0 Å². The molecule has 0 N–H and O–H groups in total. The second kappa shape index (κ2) is 8.64. The summed E-state index contributed by atoms with van der Waals surface area (Å²) in [5.41, 5.74) is 3.71. The molecule has 5 heteroatoms. The van der Waals surface area contributed by atoms with Gasteiger partial charge in [-0.25, -0.2) is 0 Å². The zero-order valence-electron chi connectivity index (χ0n) is 17.3. The van der Waals surface area contributed by atoms with Crippen molar-refractivity contribution in [1.29, 1.82) is 0 Å². The smallest absolute Gasteiger partial charge is 0.242 e. The fraction of sp³-hybridized carbons (Fsp3) is 0.375. The zero-order chi connectivity index (χ0) is 20.4. The number of ether oxygens (including phenoxy) is 1. The third-order valence-electron chi connectivity index (χ3n) is 5.31. The molecule has 1 aromatic heterocycles. The molecule has 1 aliphatic rings. The molecule has 152 valence electrons. The first-order chi connectivity index (χ1) is 14.0. The van der Waals surface area contributed by atoms with E-state index in [9.17, 15) is 4.79 Å². The van der Waals surface area contributed by atoms with Crippen molar-refractivity contribution in [3.8, 4) is 0 Å². The maximum absolute atomic E-state index is 13.0. The summed E-state index contributed by atoms with van der Waals surface area (Å²) >= 11 is 1.83. The van der Waals surface area contributed by atoms with Crippen LogP contribution in [0.25, 0.3) is 10.9 Å². The highest BCUT2D eigenvalue weighted by atomic mass is 32.2. The van der Waals surface area contributed by atoms with Crippen molar-refractivity contribution < 1.29 is 9.53 Å². The van der Waals surface area contributed by atoms with Gasteiger partial charge in [0, 0.05) is 40.8 Å². The van der Waals surface area contributed by atoms with Crippen LogP contribution in [0.1, 0.15) is 25.0 Å². The van der Waals surface area contributed by atoms with Crippen LogP contribution in [0.5, 0.6) is 0 Å². The van der Waals surface area contributed by atoms with Crippen molar-refractivity contribution >= 4 is 28.6 Å². The van der Waals surface area contributed by atoms with Crippen molar-refractivity contribution in [2.75, 3.05) is 13.1 Å². The number of hydrogen-bond donors (Lipinski definition) is 0. The maximum Gasteiger partial charge on any atom is 0.242 e. The molecule has 1 amide bonds. The topological polar surface area (TPSA) is 34.5 Å². The first-order valence-corrected chi connectivity index (χ1v) is 11.2. The standard InChI is InChI=1S/C24H28N2O2S/c1-17-7-6-8-20(11-17)16-29-23-14-25(22-10-5-4-9-21(22)23)15-24(27)26-12-18(2)28-19(3)13-26/h4-11,14,18-19H,12-13,15-16H2,1-3H3/t18-,19-/m1/s1. The van der Waals surface area contributed by atoms with E-state index in [0.717, 1.165) is 11.3 Å². The third-order valence-corrected chi connectivity index (χ3v) is 6.42. The lowest BCUT2D eigenvalue weighted by Crippen LogP contribution is -2.49. The molecule has 29 heavy (non-hydrogen) atoms. The molecule has 0 radical (unpaired) electrons. The molecule has 2 atom stereocenters. The Morgan fingerprint density at radius 3 is 2.62 bits per heavy atom. The fourth-order valence-electron chi connectivity index (χ4n) is 4.05. The van der Waals surface area contributed by atoms with Gasteiger partial charge in [-0.3, -0.25) is 4.79 Å². The van der Waals surface area contributed by atoms with Gasteiger partial charge in [0.25, 0.3) is 0 Å². The van der Waals surface area contributed by atoms with Gasteiger partial charge in [0.1, 0.15) is 6.54 Å². The predicted octanol–water partition coefficient (Wildman–Crippen LogP) is 4.88. The molecule has 3 aromatic rings. The minimum atomic E-state index is 0.0875. The van der Waals surface area contributed by atoms with Gasteiger partial charge in [-0.2, -0.15) is 0 Å². The highest BCUT2D eigenvalue weighted by Crippen LogP contribution is 2.32. The number of hydrogen-bond acceptors (Lipinski definition) is 3. The summed E-state index contributed by atoms with van der Waals surface area (Å²) in [4.78, 5) is 16.1. The van der Waals surface area contributed by atoms with Crippen LogP contribution in [0.15, 0.2) is 59.6 Å². The fourth-order valence-corrected chi connectivity index (χ4v) is 5.08. The zero-order valence-corrected chi connectivity index (χ0v) is 18.1. The van der Waals surface area contributed by atoms with E-state index in [2.05, 4.69) is 60.2 Å². The molecule has 4 rings (SSSR count). The molecule has 4 nitrogen and oxygen atoms in total. The molecule has 0 unspecified atom stereocenters. The average Bonchev–Trinajstić information content (AvgIpc) is 3.03. The second-order valence-electron chi connectivity index (χ2n) is 7.97. The van der Waals surface area contributed by atoms with E-state index in [1.165, 1.54) is 21.4 Å². The number of nitrogens with zero attached hydrogens (tertiary/aromatic N) is 2.